The number of esters is 1. The second kappa shape index (κ2) is 5.28. The Morgan fingerprint density at radius 2 is 1.53 bits per heavy atom. The Kier molecular flexibility index (Phi) is 4.62. The first kappa shape index (κ1) is 14.9. The van der Waals surface area contributed by atoms with Crippen LogP contribution in [0.5, 0.6) is 0 Å². The van der Waals surface area contributed by atoms with E-state index < -0.39 is 35.2 Å². The summed E-state index contributed by atoms with van der Waals surface area (Å²) in [6.45, 7) is 1.91. The molecule has 96 valence electrons. The van der Waals surface area contributed by atoms with Crippen LogP contribution in [0.4, 0.5) is 0 Å². The molecular formula is C9H12O8. The molecule has 1 unspecified atom stereocenters. The Bertz CT molecular complexity index is 344. The number of rotatable bonds is 6. The van der Waals surface area contributed by atoms with Gasteiger partial charge in [-0.2, -0.15) is 0 Å². The Morgan fingerprint density at radius 3 is 1.76 bits per heavy atom. The first-order valence-electron chi connectivity index (χ1n) is 4.59. The second-order valence-corrected chi connectivity index (χ2v) is 3.20. The average molecular weight is 248 g/mol. The minimum atomic E-state index is -3.14. The summed E-state index contributed by atoms with van der Waals surface area (Å²) in [7, 11) is 0. The average Bonchev–Trinajstić information content (AvgIpc) is 2.17. The topological polar surface area (TPSA) is 138 Å². The van der Waals surface area contributed by atoms with Crippen LogP contribution in [0.25, 0.3) is 0 Å². The highest BCUT2D eigenvalue weighted by atomic mass is 16.5. The van der Waals surface area contributed by atoms with E-state index in [2.05, 4.69) is 4.74 Å². The molecule has 0 saturated heterocycles. The van der Waals surface area contributed by atoms with Crippen LogP contribution < -0.4 is 0 Å². The highest BCUT2D eigenvalue weighted by Crippen LogP contribution is 2.31. The number of carbonyl (C=O) groups is 4. The van der Waals surface area contributed by atoms with Crippen molar-refractivity contribution in [3.05, 3.63) is 0 Å². The molecule has 0 bridgehead atoms. The summed E-state index contributed by atoms with van der Waals surface area (Å²) in [6, 6.07) is 0. The lowest BCUT2D eigenvalue weighted by Gasteiger charge is -2.25. The van der Waals surface area contributed by atoms with Crippen molar-refractivity contribution in [3.8, 4) is 0 Å². The Hall–Kier alpha value is -2.12. The van der Waals surface area contributed by atoms with Crippen LogP contribution in [-0.2, 0) is 23.9 Å². The smallest absolute Gasteiger partial charge is 0.336 e. The third-order valence-corrected chi connectivity index (χ3v) is 2.29. The molecule has 3 N–H and O–H groups in total. The summed E-state index contributed by atoms with van der Waals surface area (Å²) in [5.41, 5.74) is -3.14. The van der Waals surface area contributed by atoms with Gasteiger partial charge in [-0.1, -0.05) is 0 Å². The van der Waals surface area contributed by atoms with E-state index >= 15 is 0 Å². The molecule has 0 aliphatic rings. The molecule has 0 amide bonds. The van der Waals surface area contributed by atoms with Gasteiger partial charge in [-0.25, -0.2) is 0 Å². The second-order valence-electron chi connectivity index (χ2n) is 3.20. The van der Waals surface area contributed by atoms with Crippen LogP contribution in [0.3, 0.4) is 0 Å². The van der Waals surface area contributed by atoms with E-state index in [0.717, 1.165) is 6.92 Å². The molecule has 0 saturated carbocycles. The molecular weight excluding hydrogens is 236 g/mol. The van der Waals surface area contributed by atoms with Crippen LogP contribution in [0.1, 0.15) is 13.8 Å². The van der Waals surface area contributed by atoms with E-state index in [1.807, 2.05) is 0 Å². The van der Waals surface area contributed by atoms with Gasteiger partial charge in [0.15, 0.2) is 0 Å². The number of carboxylic acid groups (broad SMARTS) is 3. The zero-order chi connectivity index (χ0) is 13.8. The minimum absolute atomic E-state index is 0.256. The highest BCUT2D eigenvalue weighted by Gasteiger charge is 2.62. The van der Waals surface area contributed by atoms with Gasteiger partial charge in [-0.15, -0.1) is 0 Å². The van der Waals surface area contributed by atoms with Crippen molar-refractivity contribution in [2.45, 2.75) is 13.8 Å². The quantitative estimate of drug-likeness (QED) is 0.419. The first-order valence-corrected chi connectivity index (χ1v) is 4.59. The molecule has 0 radical (unpaired) electrons. The van der Waals surface area contributed by atoms with Gasteiger partial charge in [0, 0.05) is 0 Å². The maximum atomic E-state index is 11.4. The van der Waals surface area contributed by atoms with E-state index in [9.17, 15) is 19.2 Å². The minimum Gasteiger partial charge on any atom is -0.481 e. The zero-order valence-corrected chi connectivity index (χ0v) is 9.17. The lowest BCUT2D eigenvalue weighted by atomic mass is 9.76. The zero-order valence-electron chi connectivity index (χ0n) is 9.17. The lowest BCUT2D eigenvalue weighted by molar-refractivity contribution is -0.187. The Labute approximate surface area is 95.8 Å². The Balaban J connectivity index is 5.77. The molecule has 0 aromatic heterocycles. The number of carboxylic acids is 3. The van der Waals surface area contributed by atoms with Crippen LogP contribution in [0, 0.1) is 11.3 Å². The van der Waals surface area contributed by atoms with E-state index in [1.165, 1.54) is 6.92 Å². The molecule has 0 heterocycles. The number of aliphatic carboxylic acids is 3. The third kappa shape index (κ3) is 2.35. The summed E-state index contributed by atoms with van der Waals surface area (Å²) in [5, 5.41) is 26.4. The van der Waals surface area contributed by atoms with Gasteiger partial charge in [0.2, 0.25) is 0 Å². The van der Waals surface area contributed by atoms with Gasteiger partial charge in [0.05, 0.1) is 12.5 Å². The van der Waals surface area contributed by atoms with Gasteiger partial charge in [0.1, 0.15) is 0 Å². The fraction of sp³-hybridized carbons (Fsp3) is 0.556. The molecule has 0 aliphatic heterocycles. The van der Waals surface area contributed by atoms with Crippen LogP contribution >= 0.6 is 0 Å². The summed E-state index contributed by atoms with van der Waals surface area (Å²) >= 11 is 0. The first-order chi connectivity index (χ1) is 7.72. The summed E-state index contributed by atoms with van der Waals surface area (Å²) in [5.74, 6) is -9.42. The van der Waals surface area contributed by atoms with E-state index in [-0.39, 0.29) is 6.61 Å². The number of carbonyl (C=O) groups excluding carboxylic acids is 1. The van der Waals surface area contributed by atoms with Gasteiger partial charge in [0.25, 0.3) is 5.41 Å². The normalized spacial score (nSPS) is 12.6. The van der Waals surface area contributed by atoms with Gasteiger partial charge in [-0.3, -0.25) is 19.2 Å². The van der Waals surface area contributed by atoms with Crippen molar-refractivity contribution in [1.29, 1.82) is 0 Å². The van der Waals surface area contributed by atoms with Crippen LogP contribution in [0.15, 0.2) is 0 Å². The standard InChI is InChI=1S/C9H12O8/c1-3-17-8(16)9(6(12)13,7(14)15)4(2)5(10)11/h4H,3H2,1-2H3,(H,10,11)(H,12,13)(H,14,15). The lowest BCUT2D eigenvalue weighted by Crippen LogP contribution is -2.54. The number of hydrogen-bond donors (Lipinski definition) is 3. The van der Waals surface area contributed by atoms with Gasteiger partial charge < -0.3 is 20.1 Å². The summed E-state index contributed by atoms with van der Waals surface area (Å²) in [4.78, 5) is 44.1. The highest BCUT2D eigenvalue weighted by molar-refractivity contribution is 6.19. The van der Waals surface area contributed by atoms with Crippen molar-refractivity contribution in [1.82, 2.24) is 0 Å². The predicted octanol–water partition coefficient (Wildman–Crippen LogP) is -0.574. The number of ether oxygens (including phenoxy) is 1. The van der Waals surface area contributed by atoms with Gasteiger partial charge in [-0.05, 0) is 13.8 Å². The van der Waals surface area contributed by atoms with E-state index in [0.29, 0.717) is 0 Å². The summed E-state index contributed by atoms with van der Waals surface area (Å²) < 4.78 is 4.34. The van der Waals surface area contributed by atoms with Crippen molar-refractivity contribution < 1.29 is 39.2 Å². The summed E-state index contributed by atoms with van der Waals surface area (Å²) in [6.07, 6.45) is 0. The number of hydrogen-bond acceptors (Lipinski definition) is 5. The Morgan fingerprint density at radius 1 is 1.12 bits per heavy atom. The molecule has 17 heavy (non-hydrogen) atoms. The SMILES string of the molecule is CCOC(=O)C(C(=O)O)(C(=O)O)C(C)C(=O)O. The molecule has 1 atom stereocenters. The predicted molar refractivity (Wildman–Crippen MR) is 51.1 cm³/mol. The molecule has 8 heteroatoms. The molecule has 0 spiro atoms. The van der Waals surface area contributed by atoms with Crippen molar-refractivity contribution in [2.75, 3.05) is 6.61 Å². The van der Waals surface area contributed by atoms with Crippen molar-refractivity contribution in [3.63, 3.8) is 0 Å². The van der Waals surface area contributed by atoms with Gasteiger partial charge >= 0.3 is 23.9 Å². The monoisotopic (exact) mass is 248 g/mol. The van der Waals surface area contributed by atoms with Crippen molar-refractivity contribution >= 4 is 23.9 Å². The molecule has 0 aliphatic carbocycles. The molecule has 8 nitrogen and oxygen atoms in total. The van der Waals surface area contributed by atoms with Crippen LogP contribution in [0.2, 0.25) is 0 Å². The largest absolute Gasteiger partial charge is 0.481 e. The molecule has 0 fully saturated rings. The van der Waals surface area contributed by atoms with Crippen molar-refractivity contribution in [2.24, 2.45) is 11.3 Å². The molecule has 0 rings (SSSR count). The maximum absolute atomic E-state index is 11.4. The van der Waals surface area contributed by atoms with Crippen LogP contribution in [-0.4, -0.2) is 45.8 Å². The van der Waals surface area contributed by atoms with E-state index in [4.69, 9.17) is 15.3 Å². The molecule has 0 aromatic rings. The molecule has 0 aromatic carbocycles. The van der Waals surface area contributed by atoms with E-state index in [1.54, 1.807) is 0 Å². The fourth-order valence-electron chi connectivity index (χ4n) is 1.24. The maximum Gasteiger partial charge on any atom is 0.336 e. The third-order valence-electron chi connectivity index (χ3n) is 2.29. The fourth-order valence-corrected chi connectivity index (χ4v) is 1.24.